The molecule has 7 heteroatoms. The van der Waals surface area contributed by atoms with Crippen LogP contribution in [0.25, 0.3) is 11.3 Å². The van der Waals surface area contributed by atoms with Gasteiger partial charge in [-0.15, -0.1) is 11.3 Å². The van der Waals surface area contributed by atoms with Crippen molar-refractivity contribution < 1.29 is 14.3 Å². The highest BCUT2D eigenvalue weighted by molar-refractivity contribution is 7.14. The van der Waals surface area contributed by atoms with Crippen molar-refractivity contribution in [1.82, 2.24) is 10.3 Å². The van der Waals surface area contributed by atoms with Crippen LogP contribution in [0.15, 0.2) is 23.6 Å². The Balaban J connectivity index is 1.57. The van der Waals surface area contributed by atoms with Gasteiger partial charge in [0, 0.05) is 35.8 Å². The molecule has 1 aliphatic heterocycles. The summed E-state index contributed by atoms with van der Waals surface area (Å²) in [5.41, 5.74) is 2.73. The van der Waals surface area contributed by atoms with Crippen molar-refractivity contribution in [3.63, 3.8) is 0 Å². The van der Waals surface area contributed by atoms with Gasteiger partial charge in [0.1, 0.15) is 5.75 Å². The van der Waals surface area contributed by atoms with Crippen molar-refractivity contribution in [3.05, 3.63) is 29.1 Å². The molecule has 2 N–H and O–H groups in total. The molecule has 2 heterocycles. The monoisotopic (exact) mass is 357 g/mol. The number of aromatic nitrogens is 1. The molecule has 2 amide bonds. The van der Waals surface area contributed by atoms with Crippen LogP contribution in [0.5, 0.6) is 5.75 Å². The standard InChI is InChI=1S/C18H19N3O3S/c1-10(22)19-14-6-7-24-16-5-4-12(8-13(14)16)15-9-25-18(20-15)21-17(23)11-2-3-11/h4-5,8-9,11,14H,2-3,6-7H2,1H3,(H,19,22)(H,20,21,23). The number of nitrogens with zero attached hydrogens (tertiary/aromatic N) is 1. The summed E-state index contributed by atoms with van der Waals surface area (Å²) in [4.78, 5) is 27.8. The number of carbonyl (C=O) groups excluding carboxylic acids is 2. The van der Waals surface area contributed by atoms with Crippen LogP contribution < -0.4 is 15.4 Å². The first-order valence-electron chi connectivity index (χ1n) is 8.41. The van der Waals surface area contributed by atoms with Gasteiger partial charge in [-0.25, -0.2) is 4.98 Å². The van der Waals surface area contributed by atoms with E-state index in [1.165, 1.54) is 18.3 Å². The Bertz CT molecular complexity index is 829. The van der Waals surface area contributed by atoms with E-state index < -0.39 is 0 Å². The maximum absolute atomic E-state index is 11.9. The number of benzene rings is 1. The maximum Gasteiger partial charge on any atom is 0.229 e. The molecule has 2 aromatic rings. The molecule has 1 aliphatic carbocycles. The van der Waals surface area contributed by atoms with Gasteiger partial charge in [-0.05, 0) is 31.0 Å². The summed E-state index contributed by atoms with van der Waals surface area (Å²) in [6.07, 6.45) is 2.69. The van der Waals surface area contributed by atoms with E-state index in [4.69, 9.17) is 4.74 Å². The van der Waals surface area contributed by atoms with Crippen molar-refractivity contribution in [3.8, 4) is 17.0 Å². The normalized spacial score (nSPS) is 18.8. The van der Waals surface area contributed by atoms with Gasteiger partial charge in [0.05, 0.1) is 18.3 Å². The summed E-state index contributed by atoms with van der Waals surface area (Å²) >= 11 is 1.42. The fourth-order valence-electron chi connectivity index (χ4n) is 2.97. The van der Waals surface area contributed by atoms with Crippen LogP contribution >= 0.6 is 11.3 Å². The Morgan fingerprint density at radius 3 is 2.88 bits per heavy atom. The predicted molar refractivity (Wildman–Crippen MR) is 95.6 cm³/mol. The van der Waals surface area contributed by atoms with Crippen molar-refractivity contribution in [2.24, 2.45) is 5.92 Å². The van der Waals surface area contributed by atoms with Gasteiger partial charge in [0.2, 0.25) is 11.8 Å². The molecule has 1 atom stereocenters. The third kappa shape index (κ3) is 3.51. The molecule has 0 spiro atoms. The smallest absolute Gasteiger partial charge is 0.229 e. The zero-order chi connectivity index (χ0) is 17.4. The molecule has 1 unspecified atom stereocenters. The Kier molecular flexibility index (Phi) is 4.17. The van der Waals surface area contributed by atoms with Crippen molar-refractivity contribution in [2.75, 3.05) is 11.9 Å². The minimum Gasteiger partial charge on any atom is -0.493 e. The Morgan fingerprint density at radius 1 is 1.28 bits per heavy atom. The molecular formula is C18H19N3O3S. The van der Waals surface area contributed by atoms with Crippen LogP contribution in [0.3, 0.4) is 0 Å². The summed E-state index contributed by atoms with van der Waals surface area (Å²) < 4.78 is 5.69. The summed E-state index contributed by atoms with van der Waals surface area (Å²) in [6, 6.07) is 5.84. The lowest BCUT2D eigenvalue weighted by Crippen LogP contribution is -2.30. The first kappa shape index (κ1) is 16.1. The van der Waals surface area contributed by atoms with E-state index in [9.17, 15) is 9.59 Å². The van der Waals surface area contributed by atoms with Gasteiger partial charge < -0.3 is 15.4 Å². The van der Waals surface area contributed by atoms with Gasteiger partial charge in [-0.3, -0.25) is 9.59 Å². The Morgan fingerprint density at radius 2 is 2.12 bits per heavy atom. The number of amides is 2. The fourth-order valence-corrected chi connectivity index (χ4v) is 3.69. The molecule has 1 aromatic heterocycles. The van der Waals surface area contributed by atoms with E-state index in [2.05, 4.69) is 15.6 Å². The van der Waals surface area contributed by atoms with Crippen LogP contribution in [0.4, 0.5) is 5.13 Å². The number of rotatable bonds is 4. The van der Waals surface area contributed by atoms with E-state index in [-0.39, 0.29) is 23.8 Å². The number of carbonyl (C=O) groups is 2. The summed E-state index contributed by atoms with van der Waals surface area (Å²) in [5.74, 6) is 0.963. The van der Waals surface area contributed by atoms with E-state index >= 15 is 0 Å². The highest BCUT2D eigenvalue weighted by Crippen LogP contribution is 2.36. The van der Waals surface area contributed by atoms with E-state index in [0.717, 1.165) is 41.8 Å². The number of thiazole rings is 1. The molecule has 1 fully saturated rings. The number of nitrogens with one attached hydrogen (secondary N) is 2. The first-order chi connectivity index (χ1) is 12.1. The highest BCUT2D eigenvalue weighted by Gasteiger charge is 2.30. The zero-order valence-corrected chi connectivity index (χ0v) is 14.7. The Labute approximate surface area is 149 Å². The van der Waals surface area contributed by atoms with Crippen LogP contribution in [0, 0.1) is 5.92 Å². The number of hydrogen-bond donors (Lipinski definition) is 2. The van der Waals surface area contributed by atoms with Gasteiger partial charge in [0.25, 0.3) is 0 Å². The van der Waals surface area contributed by atoms with E-state index in [1.807, 2.05) is 23.6 Å². The molecule has 2 aliphatic rings. The lowest BCUT2D eigenvalue weighted by atomic mass is 9.97. The molecule has 1 aromatic carbocycles. The van der Waals surface area contributed by atoms with Crippen LogP contribution in [0.1, 0.15) is 37.8 Å². The van der Waals surface area contributed by atoms with Gasteiger partial charge in [-0.1, -0.05) is 0 Å². The lowest BCUT2D eigenvalue weighted by molar-refractivity contribution is -0.120. The van der Waals surface area contributed by atoms with Crippen molar-refractivity contribution in [1.29, 1.82) is 0 Å². The van der Waals surface area contributed by atoms with Gasteiger partial charge >= 0.3 is 0 Å². The largest absolute Gasteiger partial charge is 0.493 e. The number of ether oxygens (including phenoxy) is 1. The lowest BCUT2D eigenvalue weighted by Gasteiger charge is -2.26. The predicted octanol–water partition coefficient (Wildman–Crippen LogP) is 3.12. The summed E-state index contributed by atoms with van der Waals surface area (Å²) in [5, 5.41) is 8.41. The molecule has 4 rings (SSSR count). The summed E-state index contributed by atoms with van der Waals surface area (Å²) in [7, 11) is 0. The fraction of sp³-hybridized carbons (Fsp3) is 0.389. The number of hydrogen-bond acceptors (Lipinski definition) is 5. The second-order valence-corrected chi connectivity index (χ2v) is 7.30. The first-order valence-corrected chi connectivity index (χ1v) is 9.29. The molecular weight excluding hydrogens is 338 g/mol. The van der Waals surface area contributed by atoms with Crippen LogP contribution in [0.2, 0.25) is 0 Å². The molecule has 6 nitrogen and oxygen atoms in total. The van der Waals surface area contributed by atoms with Crippen LogP contribution in [-0.4, -0.2) is 23.4 Å². The average Bonchev–Trinajstić information content (AvgIpc) is 3.35. The number of fused-ring (bicyclic) bond motifs is 1. The molecule has 1 saturated carbocycles. The van der Waals surface area contributed by atoms with Crippen LogP contribution in [-0.2, 0) is 9.59 Å². The third-order valence-corrected chi connectivity index (χ3v) is 5.16. The summed E-state index contributed by atoms with van der Waals surface area (Å²) in [6.45, 7) is 2.11. The molecule has 25 heavy (non-hydrogen) atoms. The number of anilines is 1. The SMILES string of the molecule is CC(=O)NC1CCOc2ccc(-c3csc(NC(=O)C4CC4)n3)cc21. The van der Waals surface area contributed by atoms with Gasteiger partial charge in [-0.2, -0.15) is 0 Å². The zero-order valence-electron chi connectivity index (χ0n) is 13.9. The van der Waals surface area contributed by atoms with E-state index in [0.29, 0.717) is 11.7 Å². The van der Waals surface area contributed by atoms with Crippen molar-refractivity contribution in [2.45, 2.75) is 32.2 Å². The van der Waals surface area contributed by atoms with E-state index in [1.54, 1.807) is 0 Å². The quantitative estimate of drug-likeness (QED) is 0.881. The van der Waals surface area contributed by atoms with Crippen molar-refractivity contribution >= 4 is 28.3 Å². The average molecular weight is 357 g/mol. The minimum absolute atomic E-state index is 0.0473. The van der Waals surface area contributed by atoms with Gasteiger partial charge in [0.15, 0.2) is 5.13 Å². The minimum atomic E-state index is -0.0537. The maximum atomic E-state index is 11.9. The molecule has 130 valence electrons. The second kappa shape index (κ2) is 6.48. The Hall–Kier alpha value is -2.41. The molecule has 0 bridgehead atoms. The molecule has 0 saturated heterocycles. The molecule has 0 radical (unpaired) electrons. The topological polar surface area (TPSA) is 80.3 Å². The third-order valence-electron chi connectivity index (χ3n) is 4.41. The second-order valence-electron chi connectivity index (χ2n) is 6.44. The highest BCUT2D eigenvalue weighted by atomic mass is 32.1.